The first-order valence-electron chi connectivity index (χ1n) is 12.4. The minimum atomic E-state index is -0.437. The number of nitrogens with zero attached hydrogens (tertiary/aromatic N) is 2. The highest BCUT2D eigenvalue weighted by molar-refractivity contribution is 5.99. The lowest BCUT2D eigenvalue weighted by atomic mass is 9.93. The van der Waals surface area contributed by atoms with Gasteiger partial charge in [-0.1, -0.05) is 25.9 Å². The topological polar surface area (TPSA) is 117 Å². The van der Waals surface area contributed by atoms with Gasteiger partial charge in [-0.15, -0.1) is 0 Å². The second kappa shape index (κ2) is 10.9. The zero-order valence-corrected chi connectivity index (χ0v) is 21.6. The molecule has 0 unspecified atom stereocenters. The predicted octanol–water partition coefficient (Wildman–Crippen LogP) is 5.67. The maximum absolute atomic E-state index is 12.8. The highest BCUT2D eigenvalue weighted by Gasteiger charge is 2.25. The molecule has 1 aliphatic rings. The van der Waals surface area contributed by atoms with Crippen molar-refractivity contribution in [3.05, 3.63) is 65.9 Å². The number of amides is 3. The molecule has 194 valence electrons. The van der Waals surface area contributed by atoms with Gasteiger partial charge in [-0.25, -0.2) is 4.79 Å². The summed E-state index contributed by atoms with van der Waals surface area (Å²) >= 11 is 0. The van der Waals surface area contributed by atoms with Crippen molar-refractivity contribution in [2.75, 3.05) is 33.9 Å². The Morgan fingerprint density at radius 1 is 0.892 bits per heavy atom. The van der Waals surface area contributed by atoms with Crippen LogP contribution >= 0.6 is 0 Å². The summed E-state index contributed by atoms with van der Waals surface area (Å²) in [5, 5.41) is 12.3. The molecule has 9 heteroatoms. The van der Waals surface area contributed by atoms with Gasteiger partial charge in [0.15, 0.2) is 11.6 Å². The van der Waals surface area contributed by atoms with Crippen molar-refractivity contribution in [1.82, 2.24) is 5.16 Å². The third kappa shape index (κ3) is 6.75. The van der Waals surface area contributed by atoms with Crippen LogP contribution in [0, 0.1) is 5.92 Å². The van der Waals surface area contributed by atoms with E-state index in [1.54, 1.807) is 37.3 Å². The quantitative estimate of drug-likeness (QED) is 0.373. The van der Waals surface area contributed by atoms with E-state index in [1.807, 2.05) is 45.0 Å². The molecule has 1 saturated heterocycles. The van der Waals surface area contributed by atoms with Crippen LogP contribution in [0.3, 0.4) is 0 Å². The lowest BCUT2D eigenvalue weighted by Gasteiger charge is -2.33. The molecule has 1 aromatic heterocycles. The molecule has 1 fully saturated rings. The Morgan fingerprint density at radius 2 is 1.49 bits per heavy atom. The van der Waals surface area contributed by atoms with E-state index in [1.165, 1.54) is 0 Å². The maximum atomic E-state index is 12.8. The molecule has 2 aromatic carbocycles. The van der Waals surface area contributed by atoms with Gasteiger partial charge in [0.25, 0.3) is 0 Å². The molecule has 0 saturated carbocycles. The molecular weight excluding hydrogens is 470 g/mol. The van der Waals surface area contributed by atoms with Gasteiger partial charge in [0.1, 0.15) is 5.76 Å². The van der Waals surface area contributed by atoms with E-state index in [2.05, 4.69) is 26.0 Å². The third-order valence-electron chi connectivity index (χ3n) is 6.41. The first kappa shape index (κ1) is 25.9. The molecule has 3 aromatic rings. The summed E-state index contributed by atoms with van der Waals surface area (Å²) < 4.78 is 5.28. The number of carbonyl (C=O) groups is 3. The van der Waals surface area contributed by atoms with Gasteiger partial charge in [0.05, 0.1) is 0 Å². The molecule has 0 spiro atoms. The van der Waals surface area contributed by atoms with Crippen LogP contribution in [-0.4, -0.2) is 36.0 Å². The number of benzene rings is 2. The zero-order chi connectivity index (χ0) is 26.6. The van der Waals surface area contributed by atoms with E-state index in [4.69, 9.17) is 4.52 Å². The van der Waals surface area contributed by atoms with E-state index >= 15 is 0 Å². The molecular formula is C28H33N5O4. The summed E-state index contributed by atoms with van der Waals surface area (Å²) in [6, 6.07) is 15.8. The number of piperidine rings is 1. The number of rotatable bonds is 6. The number of carbonyl (C=O) groups excluding carboxylic acids is 3. The molecule has 9 nitrogen and oxygen atoms in total. The fourth-order valence-electron chi connectivity index (χ4n) is 4.15. The van der Waals surface area contributed by atoms with E-state index in [9.17, 15) is 14.4 Å². The SMILES string of the molecule is CC(=O)c1ccc(N2CCC(C(=O)Nc3ccc(NC(=O)Nc4cc(C(C)(C)C)on4)cc3)CC2)cc1. The van der Waals surface area contributed by atoms with Gasteiger partial charge in [0.2, 0.25) is 5.91 Å². The maximum Gasteiger partial charge on any atom is 0.324 e. The summed E-state index contributed by atoms with van der Waals surface area (Å²) in [5.74, 6) is 0.986. The second-order valence-corrected chi connectivity index (χ2v) is 10.3. The number of anilines is 4. The van der Waals surface area contributed by atoms with Crippen molar-refractivity contribution >= 4 is 40.6 Å². The first-order valence-corrected chi connectivity index (χ1v) is 12.4. The number of aromatic nitrogens is 1. The van der Waals surface area contributed by atoms with Crippen LogP contribution in [0.15, 0.2) is 59.1 Å². The Bertz CT molecular complexity index is 1250. The minimum Gasteiger partial charge on any atom is -0.371 e. The number of hydrogen-bond donors (Lipinski definition) is 3. The number of urea groups is 1. The monoisotopic (exact) mass is 503 g/mol. The molecule has 1 aliphatic heterocycles. The van der Waals surface area contributed by atoms with Crippen LogP contribution in [0.2, 0.25) is 0 Å². The summed E-state index contributed by atoms with van der Waals surface area (Å²) in [6.07, 6.45) is 1.50. The minimum absolute atomic E-state index is 0.00860. The smallest absolute Gasteiger partial charge is 0.324 e. The zero-order valence-electron chi connectivity index (χ0n) is 21.6. The van der Waals surface area contributed by atoms with E-state index < -0.39 is 6.03 Å². The standard InChI is InChI=1S/C28H33N5O4/c1-18(34)19-5-11-23(12-6-19)33-15-13-20(14-16-33)26(35)29-21-7-9-22(10-8-21)30-27(36)31-25-17-24(37-32-25)28(2,3)4/h5-12,17,20H,13-16H2,1-4H3,(H,29,35)(H2,30,31,32,36). The average Bonchev–Trinajstić information content (AvgIpc) is 3.34. The highest BCUT2D eigenvalue weighted by atomic mass is 16.5. The Balaban J connectivity index is 1.24. The van der Waals surface area contributed by atoms with Gasteiger partial charge in [0, 0.05) is 53.1 Å². The van der Waals surface area contributed by atoms with Crippen LogP contribution in [-0.2, 0) is 10.2 Å². The average molecular weight is 504 g/mol. The molecule has 0 bridgehead atoms. The molecule has 37 heavy (non-hydrogen) atoms. The normalized spacial score (nSPS) is 14.2. The van der Waals surface area contributed by atoms with E-state index in [0.717, 1.165) is 31.6 Å². The number of Topliss-reactive ketones (excluding diaryl/α,β-unsaturated/α-hetero) is 1. The van der Waals surface area contributed by atoms with E-state index in [-0.39, 0.29) is 23.0 Å². The highest BCUT2D eigenvalue weighted by Crippen LogP contribution is 2.26. The van der Waals surface area contributed by atoms with Crippen molar-refractivity contribution < 1.29 is 18.9 Å². The Hall–Kier alpha value is -4.14. The van der Waals surface area contributed by atoms with Gasteiger partial charge in [-0.2, -0.15) is 0 Å². The Labute approximate surface area is 216 Å². The fourth-order valence-corrected chi connectivity index (χ4v) is 4.15. The van der Waals surface area contributed by atoms with Gasteiger partial charge in [-0.05, 0) is 68.3 Å². The number of nitrogens with one attached hydrogen (secondary N) is 3. The summed E-state index contributed by atoms with van der Waals surface area (Å²) in [7, 11) is 0. The van der Waals surface area contributed by atoms with Crippen LogP contribution in [0.5, 0.6) is 0 Å². The summed E-state index contributed by atoms with van der Waals surface area (Å²) in [4.78, 5) is 38.8. The van der Waals surface area contributed by atoms with Crippen molar-refractivity contribution in [3.8, 4) is 0 Å². The Kier molecular flexibility index (Phi) is 7.61. The van der Waals surface area contributed by atoms with Crippen LogP contribution in [0.1, 0.15) is 56.7 Å². The predicted molar refractivity (Wildman–Crippen MR) is 144 cm³/mol. The molecule has 4 rings (SSSR count). The van der Waals surface area contributed by atoms with Gasteiger partial charge >= 0.3 is 6.03 Å². The molecule has 3 N–H and O–H groups in total. The lowest BCUT2D eigenvalue weighted by molar-refractivity contribution is -0.120. The van der Waals surface area contributed by atoms with Crippen LogP contribution in [0.25, 0.3) is 0 Å². The second-order valence-electron chi connectivity index (χ2n) is 10.3. The van der Waals surface area contributed by atoms with Crippen LogP contribution < -0.4 is 20.9 Å². The molecule has 0 atom stereocenters. The number of hydrogen-bond acceptors (Lipinski definition) is 6. The van der Waals surface area contributed by atoms with Crippen molar-refractivity contribution in [2.24, 2.45) is 5.92 Å². The molecule has 0 aliphatic carbocycles. The fraction of sp³-hybridized carbons (Fsp3) is 0.357. The van der Waals surface area contributed by atoms with Gasteiger partial charge in [-0.3, -0.25) is 14.9 Å². The van der Waals surface area contributed by atoms with E-state index in [0.29, 0.717) is 28.5 Å². The van der Waals surface area contributed by atoms with Crippen LogP contribution in [0.4, 0.5) is 27.7 Å². The summed E-state index contributed by atoms with van der Waals surface area (Å²) in [6.45, 7) is 9.10. The molecule has 3 amide bonds. The molecule has 2 heterocycles. The molecule has 0 radical (unpaired) electrons. The largest absolute Gasteiger partial charge is 0.371 e. The van der Waals surface area contributed by atoms with Crippen molar-refractivity contribution in [2.45, 2.75) is 46.0 Å². The Morgan fingerprint density at radius 3 is 2.03 bits per heavy atom. The van der Waals surface area contributed by atoms with Crippen molar-refractivity contribution in [1.29, 1.82) is 0 Å². The van der Waals surface area contributed by atoms with Gasteiger partial charge < -0.3 is 20.1 Å². The lowest BCUT2D eigenvalue weighted by Crippen LogP contribution is -2.38. The number of ketones is 1. The third-order valence-corrected chi connectivity index (χ3v) is 6.41. The first-order chi connectivity index (χ1) is 17.6. The van der Waals surface area contributed by atoms with Crippen molar-refractivity contribution in [3.63, 3.8) is 0 Å². The summed E-state index contributed by atoms with van der Waals surface area (Å²) in [5.41, 5.74) is 2.81.